The average Bonchev–Trinajstić information content (AvgIpc) is 2.20. The van der Waals surface area contributed by atoms with Crippen LogP contribution in [0.5, 0.6) is 0 Å². The minimum atomic E-state index is -1.34. The highest BCUT2D eigenvalue weighted by Crippen LogP contribution is 2.22. The van der Waals surface area contributed by atoms with E-state index in [4.69, 9.17) is 14.9 Å². The molecular formula is C10H12O6. The third kappa shape index (κ3) is 2.83. The topological polar surface area (TPSA) is 104 Å². The molecule has 6 heteroatoms. The molecule has 0 amide bonds. The number of aliphatic hydroxyl groups is 1. The first-order valence-electron chi connectivity index (χ1n) is 4.62. The van der Waals surface area contributed by atoms with Gasteiger partial charge < -0.3 is 20.1 Å². The SMILES string of the molecule is C=C(O[C@@H]1C=C(C(=O)O)CCC1O)C(=O)O. The van der Waals surface area contributed by atoms with Gasteiger partial charge in [-0.1, -0.05) is 0 Å². The molecule has 0 heterocycles. The fourth-order valence-corrected chi connectivity index (χ4v) is 1.37. The second-order valence-corrected chi connectivity index (χ2v) is 3.41. The number of carbonyl (C=O) groups is 2. The fraction of sp³-hybridized carbons (Fsp3) is 0.400. The summed E-state index contributed by atoms with van der Waals surface area (Å²) in [6.45, 7) is 3.14. The Bertz CT molecular complexity index is 356. The lowest BCUT2D eigenvalue weighted by molar-refractivity contribution is -0.138. The van der Waals surface area contributed by atoms with Crippen LogP contribution in [0.4, 0.5) is 0 Å². The molecule has 1 aliphatic carbocycles. The van der Waals surface area contributed by atoms with Crippen molar-refractivity contribution in [2.24, 2.45) is 0 Å². The second kappa shape index (κ2) is 4.80. The molecule has 2 atom stereocenters. The van der Waals surface area contributed by atoms with Crippen molar-refractivity contribution < 1.29 is 29.6 Å². The quantitative estimate of drug-likeness (QED) is 0.467. The largest absolute Gasteiger partial charge is 0.478 e. The zero-order valence-corrected chi connectivity index (χ0v) is 8.42. The normalized spacial score (nSPS) is 24.4. The molecular weight excluding hydrogens is 216 g/mol. The Morgan fingerprint density at radius 2 is 2.06 bits per heavy atom. The Morgan fingerprint density at radius 1 is 1.44 bits per heavy atom. The molecule has 3 N–H and O–H groups in total. The van der Waals surface area contributed by atoms with Gasteiger partial charge in [-0.05, 0) is 25.5 Å². The molecule has 1 aliphatic rings. The minimum Gasteiger partial charge on any atom is -0.478 e. The van der Waals surface area contributed by atoms with E-state index in [1.54, 1.807) is 0 Å². The third-order valence-electron chi connectivity index (χ3n) is 2.25. The molecule has 6 nitrogen and oxygen atoms in total. The summed E-state index contributed by atoms with van der Waals surface area (Å²) in [7, 11) is 0. The van der Waals surface area contributed by atoms with Gasteiger partial charge in [0.25, 0.3) is 0 Å². The van der Waals surface area contributed by atoms with Crippen molar-refractivity contribution in [3.63, 3.8) is 0 Å². The highest BCUT2D eigenvalue weighted by molar-refractivity contribution is 5.87. The molecule has 0 aromatic rings. The minimum absolute atomic E-state index is 0.105. The van der Waals surface area contributed by atoms with E-state index in [9.17, 15) is 14.7 Å². The molecule has 0 saturated carbocycles. The average molecular weight is 228 g/mol. The summed E-state index contributed by atoms with van der Waals surface area (Å²) in [5, 5.41) is 26.8. The van der Waals surface area contributed by atoms with Crippen LogP contribution in [0.3, 0.4) is 0 Å². The van der Waals surface area contributed by atoms with Gasteiger partial charge in [-0.3, -0.25) is 0 Å². The maximum atomic E-state index is 10.7. The van der Waals surface area contributed by atoms with Crippen LogP contribution < -0.4 is 0 Å². The number of aliphatic carboxylic acids is 2. The van der Waals surface area contributed by atoms with Crippen molar-refractivity contribution >= 4 is 11.9 Å². The molecule has 16 heavy (non-hydrogen) atoms. The van der Waals surface area contributed by atoms with Crippen LogP contribution in [0.2, 0.25) is 0 Å². The first-order valence-corrected chi connectivity index (χ1v) is 4.62. The van der Waals surface area contributed by atoms with Crippen LogP contribution in [0, 0.1) is 0 Å². The molecule has 88 valence electrons. The summed E-state index contributed by atoms with van der Waals surface area (Å²) in [6.07, 6.45) is -0.224. The smallest absolute Gasteiger partial charge is 0.370 e. The van der Waals surface area contributed by atoms with Gasteiger partial charge in [0.1, 0.15) is 6.10 Å². The number of aliphatic hydroxyl groups excluding tert-OH is 1. The van der Waals surface area contributed by atoms with Gasteiger partial charge in [0, 0.05) is 5.57 Å². The molecule has 0 aromatic heterocycles. The van der Waals surface area contributed by atoms with Gasteiger partial charge in [-0.15, -0.1) is 0 Å². The van der Waals surface area contributed by atoms with Crippen molar-refractivity contribution in [1.29, 1.82) is 0 Å². The number of hydrogen-bond donors (Lipinski definition) is 3. The number of carboxylic acid groups (broad SMARTS) is 2. The number of hydrogen-bond acceptors (Lipinski definition) is 4. The number of carboxylic acids is 2. The maximum Gasteiger partial charge on any atom is 0.370 e. The van der Waals surface area contributed by atoms with Crippen molar-refractivity contribution in [1.82, 2.24) is 0 Å². The number of rotatable bonds is 4. The summed E-state index contributed by atoms with van der Waals surface area (Å²) in [6, 6.07) is 0. The van der Waals surface area contributed by atoms with Gasteiger partial charge in [-0.2, -0.15) is 0 Å². The zero-order valence-electron chi connectivity index (χ0n) is 8.42. The number of ether oxygens (including phenoxy) is 1. The molecule has 1 rings (SSSR count). The van der Waals surface area contributed by atoms with E-state index in [0.717, 1.165) is 0 Å². The third-order valence-corrected chi connectivity index (χ3v) is 2.25. The molecule has 0 fully saturated rings. The first kappa shape index (κ1) is 12.3. The lowest BCUT2D eigenvalue weighted by Gasteiger charge is -2.25. The monoisotopic (exact) mass is 228 g/mol. The predicted octanol–water partition coefficient (Wildman–Crippen LogP) is 0.136. The van der Waals surface area contributed by atoms with E-state index in [0.29, 0.717) is 0 Å². The van der Waals surface area contributed by atoms with Crippen LogP contribution in [0.15, 0.2) is 24.0 Å². The second-order valence-electron chi connectivity index (χ2n) is 3.41. The summed E-state index contributed by atoms with van der Waals surface area (Å²) < 4.78 is 4.86. The molecule has 0 aliphatic heterocycles. The van der Waals surface area contributed by atoms with E-state index < -0.39 is 29.9 Å². The predicted molar refractivity (Wildman–Crippen MR) is 52.6 cm³/mol. The Morgan fingerprint density at radius 3 is 2.56 bits per heavy atom. The highest BCUT2D eigenvalue weighted by atomic mass is 16.5. The molecule has 1 unspecified atom stereocenters. The highest BCUT2D eigenvalue weighted by Gasteiger charge is 2.28. The summed E-state index contributed by atoms with van der Waals surface area (Å²) in [4.78, 5) is 21.1. The molecule has 0 spiro atoms. The van der Waals surface area contributed by atoms with Crippen LogP contribution in [-0.2, 0) is 14.3 Å². The maximum absolute atomic E-state index is 10.7. The van der Waals surface area contributed by atoms with E-state index in [1.807, 2.05) is 0 Å². The van der Waals surface area contributed by atoms with E-state index in [2.05, 4.69) is 6.58 Å². The Balaban J connectivity index is 2.77. The molecule has 0 aromatic carbocycles. The van der Waals surface area contributed by atoms with E-state index in [-0.39, 0.29) is 18.4 Å². The van der Waals surface area contributed by atoms with Gasteiger partial charge in [0.05, 0.1) is 6.10 Å². The fourth-order valence-electron chi connectivity index (χ4n) is 1.37. The standard InChI is InChI=1S/C10H12O6/c1-5(9(12)13)16-8-4-6(10(14)15)2-3-7(8)11/h4,7-8,11H,1-3H2,(H,12,13)(H,14,15)/t7?,8-/m1/s1. The van der Waals surface area contributed by atoms with Crippen LogP contribution in [0.25, 0.3) is 0 Å². The molecule has 0 saturated heterocycles. The van der Waals surface area contributed by atoms with Gasteiger partial charge in [0.2, 0.25) is 0 Å². The lowest BCUT2D eigenvalue weighted by atomic mass is 9.95. The first-order chi connectivity index (χ1) is 7.41. The van der Waals surface area contributed by atoms with Crippen molar-refractivity contribution in [3.05, 3.63) is 24.0 Å². The van der Waals surface area contributed by atoms with Gasteiger partial charge >= 0.3 is 11.9 Å². The van der Waals surface area contributed by atoms with Gasteiger partial charge in [-0.25, -0.2) is 9.59 Å². The van der Waals surface area contributed by atoms with E-state index in [1.165, 1.54) is 6.08 Å². The Labute approximate surface area is 91.5 Å². The van der Waals surface area contributed by atoms with Crippen LogP contribution >= 0.6 is 0 Å². The van der Waals surface area contributed by atoms with Gasteiger partial charge in [0.15, 0.2) is 5.76 Å². The van der Waals surface area contributed by atoms with Crippen molar-refractivity contribution in [2.75, 3.05) is 0 Å². The van der Waals surface area contributed by atoms with Crippen LogP contribution in [0.1, 0.15) is 12.8 Å². The Hall–Kier alpha value is -1.82. The summed E-state index contributed by atoms with van der Waals surface area (Å²) >= 11 is 0. The van der Waals surface area contributed by atoms with Crippen molar-refractivity contribution in [2.45, 2.75) is 25.0 Å². The lowest BCUT2D eigenvalue weighted by Crippen LogP contribution is -2.32. The molecule has 0 radical (unpaired) electrons. The summed E-state index contributed by atoms with van der Waals surface area (Å²) in [5.41, 5.74) is 0.105. The van der Waals surface area contributed by atoms with E-state index >= 15 is 0 Å². The van der Waals surface area contributed by atoms with Crippen LogP contribution in [-0.4, -0.2) is 39.5 Å². The Kier molecular flexibility index (Phi) is 3.68. The molecule has 0 bridgehead atoms. The zero-order chi connectivity index (χ0) is 12.3. The van der Waals surface area contributed by atoms with Crippen molar-refractivity contribution in [3.8, 4) is 0 Å². The summed E-state index contributed by atoms with van der Waals surface area (Å²) in [5.74, 6) is -2.96.